The Morgan fingerprint density at radius 2 is 1.45 bits per heavy atom. The number of hydrogen-bond donors (Lipinski definition) is 1. The van der Waals surface area contributed by atoms with E-state index >= 15 is 0 Å². The Balaban J connectivity index is 2.25. The number of fused-ring (bicyclic) bond motifs is 1. The summed E-state index contributed by atoms with van der Waals surface area (Å²) in [7, 11) is 0. The fraction of sp³-hybridized carbons (Fsp3) is 0.176. The largest absolute Gasteiger partial charge is 0.294 e. The van der Waals surface area contributed by atoms with Crippen LogP contribution in [0.2, 0.25) is 0 Å². The van der Waals surface area contributed by atoms with Gasteiger partial charge >= 0.3 is 0 Å². The van der Waals surface area contributed by atoms with Gasteiger partial charge in [-0.3, -0.25) is 14.9 Å². The van der Waals surface area contributed by atoms with Crippen LogP contribution in [0.3, 0.4) is 0 Å². The maximum Gasteiger partial charge on any atom is 0.244 e. The number of amides is 2. The van der Waals surface area contributed by atoms with Crippen LogP contribution in [0.1, 0.15) is 11.5 Å². The zero-order chi connectivity index (χ0) is 15.7. The molecule has 2 amide bonds. The fourth-order valence-corrected chi connectivity index (χ4v) is 2.97. The molecule has 22 heavy (non-hydrogen) atoms. The molecular weight excluding hydrogens is 278 g/mol. The highest BCUT2D eigenvalue weighted by atomic mass is 16.2. The lowest BCUT2D eigenvalue weighted by Crippen LogP contribution is -2.49. The van der Waals surface area contributed by atoms with Crippen molar-refractivity contribution in [1.29, 1.82) is 10.5 Å². The summed E-state index contributed by atoms with van der Waals surface area (Å²) in [6, 6.07) is 16.9. The summed E-state index contributed by atoms with van der Waals surface area (Å²) in [4.78, 5) is 23.9. The average Bonchev–Trinajstić information content (AvgIpc) is 2.54. The Hall–Kier alpha value is -3.18. The monoisotopic (exact) mass is 289 g/mol. The smallest absolute Gasteiger partial charge is 0.244 e. The molecule has 0 aliphatic carbocycles. The standard InChI is InChI=1S/C17H11N3O2/c18-8-13-15(14(9-19)17(22)20-16(13)21)12-7-3-5-10-4-1-2-6-11(10)12/h1-7,13-15H,(H,20,21,22). The maximum atomic E-state index is 12.0. The van der Waals surface area contributed by atoms with Crippen LogP contribution >= 0.6 is 0 Å². The van der Waals surface area contributed by atoms with Crippen molar-refractivity contribution < 1.29 is 9.59 Å². The number of nitriles is 2. The first-order chi connectivity index (χ1) is 10.7. The van der Waals surface area contributed by atoms with E-state index in [9.17, 15) is 20.1 Å². The summed E-state index contributed by atoms with van der Waals surface area (Å²) in [5, 5.41) is 22.6. The lowest BCUT2D eigenvalue weighted by molar-refractivity contribution is -0.137. The van der Waals surface area contributed by atoms with Crippen molar-refractivity contribution in [3.05, 3.63) is 48.0 Å². The van der Waals surface area contributed by atoms with Crippen LogP contribution < -0.4 is 5.32 Å². The van der Waals surface area contributed by atoms with E-state index in [0.717, 1.165) is 10.8 Å². The van der Waals surface area contributed by atoms with E-state index in [-0.39, 0.29) is 0 Å². The van der Waals surface area contributed by atoms with Crippen molar-refractivity contribution in [1.82, 2.24) is 5.32 Å². The van der Waals surface area contributed by atoms with Crippen molar-refractivity contribution in [3.8, 4) is 12.1 Å². The summed E-state index contributed by atoms with van der Waals surface area (Å²) in [5.74, 6) is -4.17. The highest BCUT2D eigenvalue weighted by Crippen LogP contribution is 2.38. The summed E-state index contributed by atoms with van der Waals surface area (Å²) in [5.41, 5.74) is 0.680. The Morgan fingerprint density at radius 3 is 2.09 bits per heavy atom. The molecule has 1 N–H and O–H groups in total. The van der Waals surface area contributed by atoms with Crippen LogP contribution in [0.5, 0.6) is 0 Å². The van der Waals surface area contributed by atoms with Crippen molar-refractivity contribution in [2.24, 2.45) is 11.8 Å². The van der Waals surface area contributed by atoms with Gasteiger partial charge in [0.05, 0.1) is 12.1 Å². The molecule has 1 saturated heterocycles. The normalized spacial score (nSPS) is 24.4. The Labute approximate surface area is 126 Å². The van der Waals surface area contributed by atoms with Crippen LogP contribution in [0.4, 0.5) is 0 Å². The van der Waals surface area contributed by atoms with Gasteiger partial charge in [0.1, 0.15) is 11.8 Å². The van der Waals surface area contributed by atoms with Gasteiger partial charge in [0.25, 0.3) is 0 Å². The number of nitrogens with zero attached hydrogens (tertiary/aromatic N) is 2. The van der Waals surface area contributed by atoms with E-state index in [2.05, 4.69) is 5.32 Å². The predicted octanol–water partition coefficient (Wildman–Crippen LogP) is 1.86. The molecular formula is C17H11N3O2. The summed E-state index contributed by atoms with van der Waals surface area (Å²) >= 11 is 0. The number of imide groups is 1. The maximum absolute atomic E-state index is 12.0. The topological polar surface area (TPSA) is 93.8 Å². The van der Waals surface area contributed by atoms with Gasteiger partial charge in [0.15, 0.2) is 0 Å². The zero-order valence-corrected chi connectivity index (χ0v) is 11.5. The van der Waals surface area contributed by atoms with Gasteiger partial charge in [-0.05, 0) is 16.3 Å². The molecule has 5 nitrogen and oxygen atoms in total. The molecule has 0 spiro atoms. The molecule has 1 aliphatic rings. The Kier molecular flexibility index (Phi) is 3.33. The van der Waals surface area contributed by atoms with E-state index in [1.807, 2.05) is 42.5 Å². The zero-order valence-electron chi connectivity index (χ0n) is 11.5. The molecule has 2 aromatic carbocycles. The quantitative estimate of drug-likeness (QED) is 0.811. The number of benzene rings is 2. The molecule has 0 radical (unpaired) electrons. The Morgan fingerprint density at radius 1 is 0.864 bits per heavy atom. The van der Waals surface area contributed by atoms with E-state index in [1.54, 1.807) is 12.1 Å². The molecule has 0 bridgehead atoms. The second kappa shape index (κ2) is 5.31. The summed E-state index contributed by atoms with van der Waals surface area (Å²) in [6.45, 7) is 0. The number of hydrogen-bond acceptors (Lipinski definition) is 4. The Bertz CT molecular complexity index is 823. The van der Waals surface area contributed by atoms with Crippen LogP contribution in [-0.2, 0) is 9.59 Å². The van der Waals surface area contributed by atoms with E-state index < -0.39 is 29.6 Å². The minimum Gasteiger partial charge on any atom is -0.294 e. The van der Waals surface area contributed by atoms with E-state index in [0.29, 0.717) is 5.56 Å². The molecule has 1 heterocycles. The van der Waals surface area contributed by atoms with Gasteiger partial charge in [-0.1, -0.05) is 42.5 Å². The first-order valence-corrected chi connectivity index (χ1v) is 6.79. The van der Waals surface area contributed by atoms with Gasteiger partial charge in [-0.2, -0.15) is 10.5 Å². The molecule has 0 saturated carbocycles. The first-order valence-electron chi connectivity index (χ1n) is 6.79. The lowest BCUT2D eigenvalue weighted by atomic mass is 9.73. The number of rotatable bonds is 1. The van der Waals surface area contributed by atoms with Crippen molar-refractivity contribution in [2.45, 2.75) is 5.92 Å². The van der Waals surface area contributed by atoms with Crippen LogP contribution in [0, 0.1) is 34.5 Å². The molecule has 2 unspecified atom stereocenters. The number of piperidine rings is 1. The second-order valence-electron chi connectivity index (χ2n) is 5.16. The molecule has 1 aliphatic heterocycles. The van der Waals surface area contributed by atoms with E-state index in [1.165, 1.54) is 0 Å². The number of carbonyl (C=O) groups excluding carboxylic acids is 2. The van der Waals surface area contributed by atoms with Crippen LogP contribution in [0.25, 0.3) is 10.8 Å². The van der Waals surface area contributed by atoms with Crippen LogP contribution in [-0.4, -0.2) is 11.8 Å². The van der Waals surface area contributed by atoms with Crippen molar-refractivity contribution >= 4 is 22.6 Å². The molecule has 2 aromatic rings. The predicted molar refractivity (Wildman–Crippen MR) is 78.0 cm³/mol. The van der Waals surface area contributed by atoms with Gasteiger partial charge in [-0.15, -0.1) is 0 Å². The lowest BCUT2D eigenvalue weighted by Gasteiger charge is -2.30. The number of carbonyl (C=O) groups is 2. The highest BCUT2D eigenvalue weighted by molar-refractivity contribution is 6.04. The molecule has 106 valence electrons. The van der Waals surface area contributed by atoms with Gasteiger partial charge in [-0.25, -0.2) is 0 Å². The van der Waals surface area contributed by atoms with Crippen LogP contribution in [0.15, 0.2) is 42.5 Å². The minimum absolute atomic E-state index is 0.642. The molecule has 5 heteroatoms. The van der Waals surface area contributed by atoms with Gasteiger partial charge < -0.3 is 0 Å². The molecule has 0 aromatic heterocycles. The third-order valence-corrected chi connectivity index (χ3v) is 3.99. The third-order valence-electron chi connectivity index (χ3n) is 3.99. The second-order valence-corrected chi connectivity index (χ2v) is 5.16. The first kappa shape index (κ1) is 13.8. The summed E-state index contributed by atoms with van der Waals surface area (Å²) in [6.07, 6.45) is 0. The van der Waals surface area contributed by atoms with Gasteiger partial charge in [0, 0.05) is 5.92 Å². The fourth-order valence-electron chi connectivity index (χ4n) is 2.97. The molecule has 1 fully saturated rings. The highest BCUT2D eigenvalue weighted by Gasteiger charge is 2.45. The minimum atomic E-state index is -1.06. The SMILES string of the molecule is N#CC1C(=O)NC(=O)C(C#N)C1c1cccc2ccccc12. The summed E-state index contributed by atoms with van der Waals surface area (Å²) < 4.78 is 0. The van der Waals surface area contributed by atoms with E-state index in [4.69, 9.17) is 0 Å². The molecule has 2 atom stereocenters. The molecule has 3 rings (SSSR count). The average molecular weight is 289 g/mol. The van der Waals surface area contributed by atoms with Gasteiger partial charge in [0.2, 0.25) is 11.8 Å². The third kappa shape index (κ3) is 2.01. The van der Waals surface area contributed by atoms with Crippen molar-refractivity contribution in [3.63, 3.8) is 0 Å². The number of nitrogens with one attached hydrogen (secondary N) is 1. The van der Waals surface area contributed by atoms with Crippen molar-refractivity contribution in [2.75, 3.05) is 0 Å².